The third kappa shape index (κ3) is 5.34. The Bertz CT molecular complexity index is 1130. The summed E-state index contributed by atoms with van der Waals surface area (Å²) in [6, 6.07) is 17.5. The maximum atomic E-state index is 13.5. The number of hydrogen-bond donors (Lipinski definition) is 3. The van der Waals surface area contributed by atoms with E-state index in [0.717, 1.165) is 32.5 Å². The maximum Gasteiger partial charge on any atom is 0.334 e. The molecule has 6 nitrogen and oxygen atoms in total. The number of nitrogens with one attached hydrogen (secondary N) is 2. The summed E-state index contributed by atoms with van der Waals surface area (Å²) in [5.41, 5.74) is 3.75. The summed E-state index contributed by atoms with van der Waals surface area (Å²) in [7, 11) is 0. The van der Waals surface area contributed by atoms with Crippen molar-refractivity contribution in [2.45, 2.75) is 45.2 Å². The second-order valence-electron chi connectivity index (χ2n) is 9.01. The summed E-state index contributed by atoms with van der Waals surface area (Å²) in [4.78, 5) is 28.1. The number of aliphatic carboxylic acids is 1. The zero-order valence-electron chi connectivity index (χ0n) is 19.5. The van der Waals surface area contributed by atoms with Gasteiger partial charge in [0.25, 0.3) is 0 Å². The lowest BCUT2D eigenvalue weighted by molar-refractivity contribution is -0.133. The highest BCUT2D eigenvalue weighted by molar-refractivity contribution is 6.30. The van der Waals surface area contributed by atoms with E-state index in [1.165, 1.54) is 5.56 Å². The molecule has 1 amide bonds. The number of carbonyl (C=O) groups is 2. The molecule has 0 radical (unpaired) electrons. The van der Waals surface area contributed by atoms with Gasteiger partial charge in [-0.25, -0.2) is 4.79 Å². The number of carboxylic acid groups (broad SMARTS) is 1. The van der Waals surface area contributed by atoms with Gasteiger partial charge in [-0.15, -0.1) is 0 Å². The summed E-state index contributed by atoms with van der Waals surface area (Å²) >= 11 is 6.22. The molecule has 1 saturated heterocycles. The first-order valence-corrected chi connectivity index (χ1v) is 12.0. The van der Waals surface area contributed by atoms with E-state index in [2.05, 4.69) is 39.8 Å². The Kier molecular flexibility index (Phi) is 7.39. The minimum atomic E-state index is -1.05. The first-order chi connectivity index (χ1) is 16.3. The van der Waals surface area contributed by atoms with Crippen molar-refractivity contribution in [1.82, 2.24) is 15.5 Å². The molecule has 4 rings (SSSR count). The number of amides is 1. The van der Waals surface area contributed by atoms with Gasteiger partial charge in [-0.2, -0.15) is 0 Å². The molecule has 7 heteroatoms. The molecule has 0 saturated carbocycles. The van der Waals surface area contributed by atoms with Gasteiger partial charge < -0.3 is 15.7 Å². The van der Waals surface area contributed by atoms with Gasteiger partial charge in [0.15, 0.2) is 0 Å². The zero-order valence-corrected chi connectivity index (χ0v) is 20.2. The topological polar surface area (TPSA) is 81.7 Å². The van der Waals surface area contributed by atoms with Crippen molar-refractivity contribution in [3.63, 3.8) is 0 Å². The van der Waals surface area contributed by atoms with Gasteiger partial charge in [0.2, 0.25) is 5.91 Å². The number of carbonyl (C=O) groups excluding carboxylic acids is 1. The molecule has 1 unspecified atom stereocenters. The van der Waals surface area contributed by atoms with E-state index in [4.69, 9.17) is 11.6 Å². The predicted molar refractivity (Wildman–Crippen MR) is 133 cm³/mol. The largest absolute Gasteiger partial charge is 0.478 e. The number of benzene rings is 2. The van der Waals surface area contributed by atoms with Gasteiger partial charge in [-0.1, -0.05) is 54.1 Å². The minimum Gasteiger partial charge on any atom is -0.478 e. The van der Waals surface area contributed by atoms with Crippen LogP contribution in [0.2, 0.25) is 5.02 Å². The number of likely N-dealkylation sites (tertiary alicyclic amines) is 1. The quantitative estimate of drug-likeness (QED) is 0.570. The average molecular weight is 480 g/mol. The molecule has 0 aromatic heterocycles. The van der Waals surface area contributed by atoms with Crippen molar-refractivity contribution in [3.8, 4) is 0 Å². The van der Waals surface area contributed by atoms with E-state index < -0.39 is 11.9 Å². The molecule has 2 aliphatic rings. The fraction of sp³-hybridized carbons (Fsp3) is 0.333. The van der Waals surface area contributed by atoms with Crippen LogP contribution in [0.4, 0.5) is 0 Å². The van der Waals surface area contributed by atoms with Crippen molar-refractivity contribution in [3.05, 3.63) is 93.3 Å². The molecule has 0 bridgehead atoms. The fourth-order valence-corrected chi connectivity index (χ4v) is 5.14. The van der Waals surface area contributed by atoms with E-state index >= 15 is 0 Å². The average Bonchev–Trinajstić information content (AvgIpc) is 2.80. The van der Waals surface area contributed by atoms with Crippen LogP contribution in [0.3, 0.4) is 0 Å². The summed E-state index contributed by atoms with van der Waals surface area (Å²) in [6.07, 6.45) is 1.70. The van der Waals surface area contributed by atoms with E-state index in [1.807, 2.05) is 19.1 Å². The van der Waals surface area contributed by atoms with E-state index in [0.29, 0.717) is 27.6 Å². The van der Waals surface area contributed by atoms with Crippen LogP contribution in [0.15, 0.2) is 77.1 Å². The van der Waals surface area contributed by atoms with Gasteiger partial charge in [-0.05, 0) is 49.9 Å². The lowest BCUT2D eigenvalue weighted by atomic mass is 9.80. The van der Waals surface area contributed by atoms with Crippen molar-refractivity contribution < 1.29 is 14.7 Å². The Hall–Kier alpha value is -3.09. The Morgan fingerprint density at radius 2 is 1.71 bits per heavy atom. The lowest BCUT2D eigenvalue weighted by Crippen LogP contribution is -2.46. The smallest absolute Gasteiger partial charge is 0.334 e. The molecular formula is C27H30ClN3O3. The third-order valence-corrected chi connectivity index (χ3v) is 6.82. The van der Waals surface area contributed by atoms with Crippen LogP contribution in [0.1, 0.15) is 43.7 Å². The van der Waals surface area contributed by atoms with Gasteiger partial charge >= 0.3 is 5.97 Å². The molecule has 1 fully saturated rings. The highest BCUT2D eigenvalue weighted by Gasteiger charge is 2.37. The molecule has 2 aromatic carbocycles. The monoisotopic (exact) mass is 479 g/mol. The summed E-state index contributed by atoms with van der Waals surface area (Å²) in [5, 5.41) is 16.8. The van der Waals surface area contributed by atoms with Gasteiger partial charge in [0.05, 0.1) is 11.5 Å². The first-order valence-electron chi connectivity index (χ1n) is 11.6. The molecule has 2 aliphatic heterocycles. The molecule has 3 N–H and O–H groups in total. The molecule has 0 aliphatic carbocycles. The molecule has 178 valence electrons. The summed E-state index contributed by atoms with van der Waals surface area (Å²) < 4.78 is 0. The Morgan fingerprint density at radius 1 is 1.03 bits per heavy atom. The standard InChI is InChI=1S/C27H30ClN3O3/c1-17-23(25(20-9-6-10-21(28)15-20)24(27(33)34)18(2)29-17)26(32)30-22-11-13-31(14-12-22)16-19-7-4-3-5-8-19/h3-10,15,22,25,29H,11-14,16H2,1-2H3,(H,30,32)(H,33,34). The van der Waals surface area contributed by atoms with Gasteiger partial charge in [0.1, 0.15) is 0 Å². The molecule has 1 atom stereocenters. The van der Waals surface area contributed by atoms with Crippen LogP contribution >= 0.6 is 11.6 Å². The van der Waals surface area contributed by atoms with Crippen LogP contribution in [-0.4, -0.2) is 41.0 Å². The number of halogens is 1. The van der Waals surface area contributed by atoms with Crippen molar-refractivity contribution in [1.29, 1.82) is 0 Å². The molecule has 2 heterocycles. The van der Waals surface area contributed by atoms with Crippen LogP contribution < -0.4 is 10.6 Å². The zero-order chi connectivity index (χ0) is 24.2. The van der Waals surface area contributed by atoms with Crippen molar-refractivity contribution in [2.75, 3.05) is 13.1 Å². The maximum absolute atomic E-state index is 13.5. The Morgan fingerprint density at radius 3 is 2.35 bits per heavy atom. The Balaban J connectivity index is 1.50. The molecular weight excluding hydrogens is 450 g/mol. The van der Waals surface area contributed by atoms with Gasteiger partial charge in [0, 0.05) is 47.7 Å². The number of dihydropyridines is 1. The van der Waals surface area contributed by atoms with Crippen molar-refractivity contribution in [2.24, 2.45) is 0 Å². The molecule has 34 heavy (non-hydrogen) atoms. The number of piperidine rings is 1. The van der Waals surface area contributed by atoms with Gasteiger partial charge in [-0.3, -0.25) is 9.69 Å². The van der Waals surface area contributed by atoms with E-state index in [1.54, 1.807) is 25.1 Å². The third-order valence-electron chi connectivity index (χ3n) is 6.59. The van der Waals surface area contributed by atoms with Crippen LogP contribution in [0.5, 0.6) is 0 Å². The summed E-state index contributed by atoms with van der Waals surface area (Å²) in [5.74, 6) is -1.99. The normalized spacial score (nSPS) is 19.7. The molecule has 2 aromatic rings. The SMILES string of the molecule is CC1=C(C(=O)O)C(c2cccc(Cl)c2)C(C(=O)NC2CCN(Cc3ccccc3)CC2)=C(C)N1. The van der Waals surface area contributed by atoms with Crippen LogP contribution in [0.25, 0.3) is 0 Å². The van der Waals surface area contributed by atoms with Crippen LogP contribution in [-0.2, 0) is 16.1 Å². The highest BCUT2D eigenvalue weighted by atomic mass is 35.5. The number of carboxylic acids is 1. The highest BCUT2D eigenvalue weighted by Crippen LogP contribution is 2.39. The van der Waals surface area contributed by atoms with E-state index in [9.17, 15) is 14.7 Å². The second-order valence-corrected chi connectivity index (χ2v) is 9.44. The number of allylic oxidation sites excluding steroid dienone is 2. The summed E-state index contributed by atoms with van der Waals surface area (Å²) in [6.45, 7) is 6.23. The first kappa shape index (κ1) is 24.0. The number of nitrogens with zero attached hydrogens (tertiary/aromatic N) is 1. The lowest BCUT2D eigenvalue weighted by Gasteiger charge is -2.34. The Labute approximate surface area is 205 Å². The number of rotatable bonds is 6. The van der Waals surface area contributed by atoms with E-state index in [-0.39, 0.29) is 17.5 Å². The number of hydrogen-bond acceptors (Lipinski definition) is 4. The van der Waals surface area contributed by atoms with Crippen molar-refractivity contribution >= 4 is 23.5 Å². The minimum absolute atomic E-state index is 0.0418. The second kappa shape index (κ2) is 10.5. The van der Waals surface area contributed by atoms with Crippen LogP contribution in [0, 0.1) is 0 Å². The molecule has 0 spiro atoms. The predicted octanol–water partition coefficient (Wildman–Crippen LogP) is 4.44. The fourth-order valence-electron chi connectivity index (χ4n) is 4.94.